The maximum atomic E-state index is 12.8. The molecule has 0 saturated carbocycles. The van der Waals surface area contributed by atoms with E-state index in [4.69, 9.17) is 0 Å². The van der Waals surface area contributed by atoms with Crippen LogP contribution in [0.3, 0.4) is 0 Å². The van der Waals surface area contributed by atoms with Gasteiger partial charge in [0, 0.05) is 30.4 Å². The molecule has 0 aliphatic carbocycles. The molecule has 1 fully saturated rings. The van der Waals surface area contributed by atoms with E-state index in [1.807, 2.05) is 19.9 Å². The minimum atomic E-state index is -3.79. The van der Waals surface area contributed by atoms with E-state index < -0.39 is 10.0 Å². The van der Waals surface area contributed by atoms with Crippen LogP contribution in [0.25, 0.3) is 0 Å². The monoisotopic (exact) mass is 429 g/mol. The van der Waals surface area contributed by atoms with E-state index in [1.54, 1.807) is 24.3 Å². The Morgan fingerprint density at radius 2 is 1.93 bits per heavy atom. The van der Waals surface area contributed by atoms with Crippen LogP contribution in [0.1, 0.15) is 41.8 Å². The standard InChI is InChI=1S/C23H31N3O3S/c1-16(2)26-11-10-19(15-26)14-24-23(27)22-13-21(9-8-18(22)4)30(28,29)25-20-7-5-6-17(3)12-20/h5-9,12-13,16,19,25H,10-11,14-15H2,1-4H3,(H,24,27). The second-order valence-corrected chi connectivity index (χ2v) is 10.1. The van der Waals surface area contributed by atoms with Gasteiger partial charge in [0.15, 0.2) is 0 Å². The Labute approximate surface area is 179 Å². The molecule has 7 heteroatoms. The molecule has 1 aliphatic heterocycles. The number of hydrogen-bond acceptors (Lipinski definition) is 4. The number of carbonyl (C=O) groups excluding carboxylic acids is 1. The number of sulfonamides is 1. The number of anilines is 1. The van der Waals surface area contributed by atoms with Crippen LogP contribution in [-0.2, 0) is 10.0 Å². The molecule has 1 aliphatic rings. The van der Waals surface area contributed by atoms with Gasteiger partial charge < -0.3 is 10.2 Å². The Morgan fingerprint density at radius 3 is 2.60 bits per heavy atom. The lowest BCUT2D eigenvalue weighted by molar-refractivity contribution is 0.0946. The fraction of sp³-hybridized carbons (Fsp3) is 0.435. The maximum Gasteiger partial charge on any atom is 0.261 e. The number of benzene rings is 2. The Bertz CT molecular complexity index is 1020. The first-order valence-corrected chi connectivity index (χ1v) is 11.9. The highest BCUT2D eigenvalue weighted by Gasteiger charge is 2.25. The van der Waals surface area contributed by atoms with Gasteiger partial charge in [-0.2, -0.15) is 0 Å². The van der Waals surface area contributed by atoms with Crippen LogP contribution < -0.4 is 10.0 Å². The highest BCUT2D eigenvalue weighted by atomic mass is 32.2. The first kappa shape index (κ1) is 22.3. The molecule has 1 unspecified atom stereocenters. The van der Waals surface area contributed by atoms with Crippen molar-refractivity contribution in [2.24, 2.45) is 5.92 Å². The normalized spacial score (nSPS) is 17.3. The molecule has 1 saturated heterocycles. The number of nitrogens with zero attached hydrogens (tertiary/aromatic N) is 1. The van der Waals surface area contributed by atoms with Gasteiger partial charge in [-0.3, -0.25) is 9.52 Å². The van der Waals surface area contributed by atoms with Crippen LogP contribution in [-0.4, -0.2) is 44.9 Å². The van der Waals surface area contributed by atoms with Gasteiger partial charge in [-0.1, -0.05) is 18.2 Å². The molecule has 1 heterocycles. The van der Waals surface area contributed by atoms with Crippen LogP contribution in [0, 0.1) is 19.8 Å². The van der Waals surface area contributed by atoms with Gasteiger partial charge in [-0.25, -0.2) is 8.42 Å². The fourth-order valence-corrected chi connectivity index (χ4v) is 4.84. The van der Waals surface area contributed by atoms with Crippen molar-refractivity contribution < 1.29 is 13.2 Å². The lowest BCUT2D eigenvalue weighted by Gasteiger charge is -2.20. The van der Waals surface area contributed by atoms with Crippen LogP contribution in [0.5, 0.6) is 0 Å². The first-order chi connectivity index (χ1) is 14.2. The lowest BCUT2D eigenvalue weighted by Crippen LogP contribution is -2.33. The summed E-state index contributed by atoms with van der Waals surface area (Å²) in [6.45, 7) is 10.7. The van der Waals surface area contributed by atoms with Crippen molar-refractivity contribution in [2.45, 2.75) is 45.1 Å². The van der Waals surface area contributed by atoms with Gasteiger partial charge in [0.05, 0.1) is 4.90 Å². The van der Waals surface area contributed by atoms with E-state index in [9.17, 15) is 13.2 Å². The lowest BCUT2D eigenvalue weighted by atomic mass is 10.1. The summed E-state index contributed by atoms with van der Waals surface area (Å²) in [6, 6.07) is 12.3. The summed E-state index contributed by atoms with van der Waals surface area (Å²) < 4.78 is 28.2. The molecular formula is C23H31N3O3S. The van der Waals surface area contributed by atoms with Crippen molar-refractivity contribution >= 4 is 21.6 Å². The molecule has 30 heavy (non-hydrogen) atoms. The Kier molecular flexibility index (Phi) is 6.83. The van der Waals surface area contributed by atoms with E-state index in [-0.39, 0.29) is 10.8 Å². The van der Waals surface area contributed by atoms with E-state index in [0.29, 0.717) is 29.8 Å². The van der Waals surface area contributed by atoms with Gasteiger partial charge in [-0.15, -0.1) is 0 Å². The molecule has 1 atom stereocenters. The number of likely N-dealkylation sites (tertiary alicyclic amines) is 1. The molecular weight excluding hydrogens is 398 g/mol. The van der Waals surface area contributed by atoms with E-state index in [2.05, 4.69) is 28.8 Å². The van der Waals surface area contributed by atoms with Crippen molar-refractivity contribution in [1.82, 2.24) is 10.2 Å². The zero-order chi connectivity index (χ0) is 21.9. The predicted molar refractivity (Wildman–Crippen MR) is 120 cm³/mol. The quantitative estimate of drug-likeness (QED) is 0.705. The third kappa shape index (κ3) is 5.40. The molecule has 3 rings (SSSR count). The van der Waals surface area contributed by atoms with Crippen LogP contribution >= 0.6 is 0 Å². The molecule has 6 nitrogen and oxygen atoms in total. The van der Waals surface area contributed by atoms with Gasteiger partial charge in [-0.05, 0) is 82.0 Å². The second kappa shape index (κ2) is 9.18. The minimum Gasteiger partial charge on any atom is -0.352 e. The Morgan fingerprint density at radius 1 is 1.17 bits per heavy atom. The Hall–Kier alpha value is -2.38. The van der Waals surface area contributed by atoms with Crippen molar-refractivity contribution in [3.63, 3.8) is 0 Å². The highest BCUT2D eigenvalue weighted by molar-refractivity contribution is 7.92. The van der Waals surface area contributed by atoms with Crippen molar-refractivity contribution in [2.75, 3.05) is 24.4 Å². The second-order valence-electron chi connectivity index (χ2n) is 8.41. The fourth-order valence-electron chi connectivity index (χ4n) is 3.77. The SMILES string of the molecule is Cc1cccc(NS(=O)(=O)c2ccc(C)c(C(=O)NCC3CCN(C(C)C)C3)c2)c1. The van der Waals surface area contributed by atoms with Crippen molar-refractivity contribution in [1.29, 1.82) is 0 Å². The largest absolute Gasteiger partial charge is 0.352 e. The highest BCUT2D eigenvalue weighted by Crippen LogP contribution is 2.21. The molecule has 0 radical (unpaired) electrons. The number of nitrogens with one attached hydrogen (secondary N) is 2. The average molecular weight is 430 g/mol. The summed E-state index contributed by atoms with van der Waals surface area (Å²) in [5.74, 6) is 0.190. The molecule has 162 valence electrons. The minimum absolute atomic E-state index is 0.0756. The number of hydrogen-bond donors (Lipinski definition) is 2. The number of amides is 1. The predicted octanol–water partition coefficient (Wildman–Crippen LogP) is 3.56. The van der Waals surface area contributed by atoms with E-state index in [1.165, 1.54) is 12.1 Å². The van der Waals surface area contributed by atoms with E-state index in [0.717, 1.165) is 30.6 Å². The summed E-state index contributed by atoms with van der Waals surface area (Å²) in [6.07, 6.45) is 1.06. The van der Waals surface area contributed by atoms with E-state index >= 15 is 0 Å². The molecule has 0 aromatic heterocycles. The summed E-state index contributed by atoms with van der Waals surface area (Å²) in [5.41, 5.74) is 2.60. The van der Waals surface area contributed by atoms with Gasteiger partial charge >= 0.3 is 0 Å². The van der Waals surface area contributed by atoms with Crippen molar-refractivity contribution in [3.05, 3.63) is 59.2 Å². The smallest absolute Gasteiger partial charge is 0.261 e. The number of rotatable bonds is 7. The molecule has 1 amide bonds. The maximum absolute atomic E-state index is 12.8. The molecule has 0 bridgehead atoms. The molecule has 0 spiro atoms. The zero-order valence-electron chi connectivity index (χ0n) is 18.1. The molecule has 2 N–H and O–H groups in total. The van der Waals surface area contributed by atoms with Gasteiger partial charge in [0.25, 0.3) is 15.9 Å². The summed E-state index contributed by atoms with van der Waals surface area (Å²) in [4.78, 5) is 15.3. The number of carbonyl (C=O) groups is 1. The first-order valence-electron chi connectivity index (χ1n) is 10.4. The van der Waals surface area contributed by atoms with Crippen LogP contribution in [0.2, 0.25) is 0 Å². The molecule has 2 aromatic carbocycles. The summed E-state index contributed by atoms with van der Waals surface area (Å²) >= 11 is 0. The topological polar surface area (TPSA) is 78.5 Å². The van der Waals surface area contributed by atoms with Gasteiger partial charge in [0.1, 0.15) is 0 Å². The van der Waals surface area contributed by atoms with Crippen molar-refractivity contribution in [3.8, 4) is 0 Å². The van der Waals surface area contributed by atoms with Crippen LogP contribution in [0.4, 0.5) is 5.69 Å². The third-order valence-electron chi connectivity index (χ3n) is 5.63. The summed E-state index contributed by atoms with van der Waals surface area (Å²) in [7, 11) is -3.79. The number of aryl methyl sites for hydroxylation is 2. The summed E-state index contributed by atoms with van der Waals surface area (Å²) in [5, 5.41) is 3.00. The Balaban J connectivity index is 1.70. The average Bonchev–Trinajstić information content (AvgIpc) is 3.15. The molecule has 2 aromatic rings. The van der Waals surface area contributed by atoms with Crippen LogP contribution in [0.15, 0.2) is 47.4 Å². The zero-order valence-corrected chi connectivity index (χ0v) is 18.9. The third-order valence-corrected chi connectivity index (χ3v) is 7.01. The van der Waals surface area contributed by atoms with Gasteiger partial charge in [0.2, 0.25) is 0 Å².